The summed E-state index contributed by atoms with van der Waals surface area (Å²) >= 11 is 0. The van der Waals surface area contributed by atoms with Crippen LogP contribution in [0.25, 0.3) is 0 Å². The molecule has 1 aliphatic rings. The van der Waals surface area contributed by atoms with Crippen LogP contribution in [0.4, 0.5) is 0 Å². The Morgan fingerprint density at radius 1 is 1.42 bits per heavy atom. The second-order valence-corrected chi connectivity index (χ2v) is 5.62. The molecule has 0 radical (unpaired) electrons. The van der Waals surface area contributed by atoms with Crippen molar-refractivity contribution in [3.8, 4) is 0 Å². The first-order valence-electron chi connectivity index (χ1n) is 7.67. The zero-order valence-electron chi connectivity index (χ0n) is 12.9. The second-order valence-electron chi connectivity index (χ2n) is 5.62. The second kappa shape index (κ2) is 8.54. The van der Waals surface area contributed by atoms with E-state index in [2.05, 4.69) is 24.1 Å². The Hall–Kier alpha value is -0.610. The van der Waals surface area contributed by atoms with Gasteiger partial charge in [0.05, 0.1) is 7.11 Å². The molecule has 19 heavy (non-hydrogen) atoms. The van der Waals surface area contributed by atoms with E-state index in [0.29, 0.717) is 6.04 Å². The topological polar surface area (TPSA) is 41.6 Å². The number of likely N-dealkylation sites (tertiary alicyclic amines) is 1. The van der Waals surface area contributed by atoms with Crippen LogP contribution in [0.2, 0.25) is 0 Å². The van der Waals surface area contributed by atoms with Gasteiger partial charge in [0.1, 0.15) is 6.04 Å². The molecular formula is C15H30N2O2. The van der Waals surface area contributed by atoms with Gasteiger partial charge in [-0.1, -0.05) is 20.3 Å². The van der Waals surface area contributed by atoms with Crippen LogP contribution in [-0.4, -0.2) is 49.7 Å². The van der Waals surface area contributed by atoms with Crippen molar-refractivity contribution in [2.24, 2.45) is 5.92 Å². The van der Waals surface area contributed by atoms with Crippen molar-refractivity contribution in [3.05, 3.63) is 0 Å². The normalized spacial score (nSPS) is 26.1. The molecule has 0 aromatic heterocycles. The summed E-state index contributed by atoms with van der Waals surface area (Å²) < 4.78 is 4.85. The molecule has 0 aromatic rings. The van der Waals surface area contributed by atoms with E-state index >= 15 is 0 Å². The third-order valence-electron chi connectivity index (χ3n) is 4.33. The van der Waals surface area contributed by atoms with Crippen molar-refractivity contribution in [2.45, 2.75) is 58.5 Å². The van der Waals surface area contributed by atoms with Gasteiger partial charge in [-0.2, -0.15) is 0 Å². The number of hydrogen-bond donors (Lipinski definition) is 1. The summed E-state index contributed by atoms with van der Waals surface area (Å²) in [6.07, 6.45) is 4.72. The number of methoxy groups -OCH3 is 1. The number of ether oxygens (including phenoxy) is 1. The van der Waals surface area contributed by atoms with Crippen LogP contribution in [0.1, 0.15) is 46.5 Å². The fourth-order valence-electron chi connectivity index (χ4n) is 2.89. The van der Waals surface area contributed by atoms with Crippen LogP contribution >= 0.6 is 0 Å². The average Bonchev–Trinajstić information content (AvgIpc) is 2.44. The molecule has 4 heteroatoms. The SMILES string of the molecule is CCNC(CCN1CC(CC)CCC1C)C(=O)OC. The first-order chi connectivity index (χ1) is 9.12. The van der Waals surface area contributed by atoms with Crippen molar-refractivity contribution < 1.29 is 9.53 Å². The van der Waals surface area contributed by atoms with Crippen molar-refractivity contribution in [1.29, 1.82) is 0 Å². The van der Waals surface area contributed by atoms with Crippen LogP contribution in [0.5, 0.6) is 0 Å². The van der Waals surface area contributed by atoms with Crippen molar-refractivity contribution >= 4 is 5.97 Å². The monoisotopic (exact) mass is 270 g/mol. The number of likely N-dealkylation sites (N-methyl/N-ethyl adjacent to an activating group) is 1. The third kappa shape index (κ3) is 5.11. The van der Waals surface area contributed by atoms with Crippen LogP contribution in [0.15, 0.2) is 0 Å². The highest BCUT2D eigenvalue weighted by molar-refractivity contribution is 5.75. The Morgan fingerprint density at radius 3 is 2.74 bits per heavy atom. The molecule has 1 fully saturated rings. The molecule has 3 atom stereocenters. The number of esters is 1. The predicted octanol–water partition coefficient (Wildman–Crippen LogP) is 2.04. The summed E-state index contributed by atoms with van der Waals surface area (Å²) in [5.41, 5.74) is 0. The summed E-state index contributed by atoms with van der Waals surface area (Å²) in [5.74, 6) is 0.686. The molecule has 1 N–H and O–H groups in total. The van der Waals surface area contributed by atoms with Gasteiger partial charge < -0.3 is 15.0 Å². The van der Waals surface area contributed by atoms with Gasteiger partial charge in [-0.25, -0.2) is 0 Å². The number of nitrogens with zero attached hydrogens (tertiary/aromatic N) is 1. The Labute approximate surface area is 117 Å². The van der Waals surface area contributed by atoms with Gasteiger partial charge in [0.2, 0.25) is 0 Å². The molecule has 0 aliphatic carbocycles. The summed E-state index contributed by atoms with van der Waals surface area (Å²) in [5, 5.41) is 3.21. The van der Waals surface area contributed by atoms with Crippen LogP contribution in [0, 0.1) is 5.92 Å². The smallest absolute Gasteiger partial charge is 0.322 e. The van der Waals surface area contributed by atoms with E-state index in [9.17, 15) is 4.79 Å². The largest absolute Gasteiger partial charge is 0.468 e. The van der Waals surface area contributed by atoms with E-state index in [-0.39, 0.29) is 12.0 Å². The maximum absolute atomic E-state index is 11.7. The van der Waals surface area contributed by atoms with Crippen LogP contribution in [-0.2, 0) is 9.53 Å². The number of carbonyl (C=O) groups excluding carboxylic acids is 1. The van der Waals surface area contributed by atoms with Gasteiger partial charge in [0.15, 0.2) is 0 Å². The van der Waals surface area contributed by atoms with Gasteiger partial charge in [0.25, 0.3) is 0 Å². The summed E-state index contributed by atoms with van der Waals surface area (Å²) in [4.78, 5) is 14.2. The number of piperidine rings is 1. The van der Waals surface area contributed by atoms with Crippen molar-refractivity contribution in [3.63, 3.8) is 0 Å². The van der Waals surface area contributed by atoms with E-state index in [1.54, 1.807) is 0 Å². The Kier molecular flexibility index (Phi) is 7.39. The van der Waals surface area contributed by atoms with Gasteiger partial charge in [-0.05, 0) is 38.6 Å². The minimum atomic E-state index is -0.163. The predicted molar refractivity (Wildman–Crippen MR) is 78.1 cm³/mol. The van der Waals surface area contributed by atoms with Gasteiger partial charge in [-0.15, -0.1) is 0 Å². The summed E-state index contributed by atoms with van der Waals surface area (Å²) in [7, 11) is 1.46. The fourth-order valence-corrected chi connectivity index (χ4v) is 2.89. The Bertz CT molecular complexity index is 271. The molecule has 1 aliphatic heterocycles. The number of carbonyl (C=O) groups is 1. The zero-order valence-corrected chi connectivity index (χ0v) is 12.9. The minimum absolute atomic E-state index is 0.140. The number of rotatable bonds is 7. The molecular weight excluding hydrogens is 240 g/mol. The number of hydrogen-bond acceptors (Lipinski definition) is 4. The highest BCUT2D eigenvalue weighted by Gasteiger charge is 2.26. The molecule has 0 spiro atoms. The molecule has 1 rings (SSSR count). The highest BCUT2D eigenvalue weighted by atomic mass is 16.5. The Balaban J connectivity index is 2.45. The maximum atomic E-state index is 11.7. The summed E-state index contributed by atoms with van der Waals surface area (Å²) in [6.45, 7) is 9.54. The Morgan fingerprint density at radius 2 is 2.16 bits per heavy atom. The standard InChI is InChI=1S/C15H30N2O2/c1-5-13-8-7-12(3)17(11-13)10-9-14(16-6-2)15(18)19-4/h12-14,16H,5-11H2,1-4H3. The van der Waals surface area contributed by atoms with E-state index in [0.717, 1.165) is 25.4 Å². The van der Waals surface area contributed by atoms with E-state index in [4.69, 9.17) is 4.74 Å². The van der Waals surface area contributed by atoms with Crippen molar-refractivity contribution in [2.75, 3.05) is 26.7 Å². The first-order valence-corrected chi connectivity index (χ1v) is 7.67. The molecule has 4 nitrogen and oxygen atoms in total. The van der Waals surface area contributed by atoms with Crippen LogP contribution < -0.4 is 5.32 Å². The molecule has 1 heterocycles. The van der Waals surface area contributed by atoms with Gasteiger partial charge in [-0.3, -0.25) is 4.79 Å². The lowest BCUT2D eigenvalue weighted by Gasteiger charge is -2.38. The van der Waals surface area contributed by atoms with Gasteiger partial charge >= 0.3 is 5.97 Å². The molecule has 0 amide bonds. The average molecular weight is 270 g/mol. The molecule has 1 saturated heterocycles. The molecule has 0 saturated carbocycles. The number of nitrogens with one attached hydrogen (secondary N) is 1. The third-order valence-corrected chi connectivity index (χ3v) is 4.33. The molecule has 112 valence electrons. The molecule has 0 aromatic carbocycles. The zero-order chi connectivity index (χ0) is 14.3. The minimum Gasteiger partial charge on any atom is -0.468 e. The van der Waals surface area contributed by atoms with E-state index in [1.807, 2.05) is 6.92 Å². The van der Waals surface area contributed by atoms with Crippen LogP contribution in [0.3, 0.4) is 0 Å². The lowest BCUT2D eigenvalue weighted by atomic mass is 9.91. The summed E-state index contributed by atoms with van der Waals surface area (Å²) in [6, 6.07) is 0.479. The van der Waals surface area contributed by atoms with Gasteiger partial charge in [0, 0.05) is 19.1 Å². The first kappa shape index (κ1) is 16.4. The quantitative estimate of drug-likeness (QED) is 0.719. The van der Waals surface area contributed by atoms with E-state index < -0.39 is 0 Å². The lowest BCUT2D eigenvalue weighted by molar-refractivity contribution is -0.143. The molecule has 3 unspecified atom stereocenters. The van der Waals surface area contributed by atoms with E-state index in [1.165, 1.54) is 32.9 Å². The fraction of sp³-hybridized carbons (Fsp3) is 0.933. The maximum Gasteiger partial charge on any atom is 0.322 e. The molecule has 0 bridgehead atoms. The highest BCUT2D eigenvalue weighted by Crippen LogP contribution is 2.24. The lowest BCUT2D eigenvalue weighted by Crippen LogP contribution is -2.45. The van der Waals surface area contributed by atoms with Crippen molar-refractivity contribution in [1.82, 2.24) is 10.2 Å².